The second-order valence-electron chi connectivity index (χ2n) is 8.66. The summed E-state index contributed by atoms with van der Waals surface area (Å²) in [5.74, 6) is 0.614. The number of likely N-dealkylation sites (N-methyl/N-ethyl adjacent to an activating group) is 1. The summed E-state index contributed by atoms with van der Waals surface area (Å²) in [5, 5.41) is 2.78. The van der Waals surface area contributed by atoms with Gasteiger partial charge in [0, 0.05) is 30.0 Å². The first-order valence-corrected chi connectivity index (χ1v) is 13.8. The monoisotopic (exact) mass is 537 g/mol. The van der Waals surface area contributed by atoms with Crippen LogP contribution in [0.5, 0.6) is 11.5 Å². The topological polar surface area (TPSA) is 105 Å². The molecule has 2 amide bonds. The van der Waals surface area contributed by atoms with Crippen molar-refractivity contribution in [2.24, 2.45) is 0 Å². The summed E-state index contributed by atoms with van der Waals surface area (Å²) < 4.78 is 37.9. The molecule has 1 N–H and O–H groups in total. The second-order valence-corrected chi connectivity index (χ2v) is 10.6. The number of nitrogens with zero attached hydrogens (tertiary/aromatic N) is 2. The molecule has 0 fully saturated rings. The van der Waals surface area contributed by atoms with Crippen LogP contribution in [-0.4, -0.2) is 57.9 Å². The number of methoxy groups -OCH3 is 1. The normalized spacial score (nSPS) is 12.8. The molecule has 10 heteroatoms. The minimum atomic E-state index is -3.88. The highest BCUT2D eigenvalue weighted by Crippen LogP contribution is 2.32. The van der Waals surface area contributed by atoms with E-state index in [1.165, 1.54) is 12.1 Å². The highest BCUT2D eigenvalue weighted by atomic mass is 32.2. The molecule has 0 aromatic heterocycles. The Labute approximate surface area is 223 Å². The van der Waals surface area contributed by atoms with Crippen LogP contribution in [0.25, 0.3) is 0 Å². The molecule has 0 aliphatic carbocycles. The van der Waals surface area contributed by atoms with Crippen LogP contribution in [0.2, 0.25) is 0 Å². The first kappa shape index (κ1) is 27.2. The van der Waals surface area contributed by atoms with Crippen LogP contribution in [-0.2, 0) is 21.2 Å². The maximum Gasteiger partial charge on any atom is 0.258 e. The maximum absolute atomic E-state index is 13.1. The number of carbonyl (C=O) groups excluding carboxylic acids is 2. The van der Waals surface area contributed by atoms with E-state index in [1.807, 2.05) is 13.0 Å². The van der Waals surface area contributed by atoms with Crippen molar-refractivity contribution in [3.05, 3.63) is 77.9 Å². The maximum atomic E-state index is 13.1. The molecule has 1 aliphatic rings. The summed E-state index contributed by atoms with van der Waals surface area (Å²) in [4.78, 5) is 27.8. The number of fused-ring (bicyclic) bond motifs is 1. The average Bonchev–Trinajstić information content (AvgIpc) is 3.35. The zero-order valence-corrected chi connectivity index (χ0v) is 22.5. The number of amides is 2. The molecule has 0 spiro atoms. The first-order chi connectivity index (χ1) is 18.3. The number of hydrogen-bond donors (Lipinski definition) is 1. The zero-order chi connectivity index (χ0) is 27.3. The number of sulfonamides is 1. The standard InChI is InChI=1S/C28H31N3O6S/c1-4-30(38(34,35)25-14-12-24(13-15-25)37-5-2)19-27(32)29-22-9-6-20-16-17-31(26(20)18-22)28(33)21-7-10-23(36-3)11-8-21/h6-15,18H,4-5,16-17,19H2,1-3H3,(H,29,32). The molecule has 4 rings (SSSR count). The lowest BCUT2D eigenvalue weighted by molar-refractivity contribution is -0.116. The van der Waals surface area contributed by atoms with E-state index in [0.29, 0.717) is 42.3 Å². The van der Waals surface area contributed by atoms with Gasteiger partial charge in [-0.2, -0.15) is 4.31 Å². The third-order valence-corrected chi connectivity index (χ3v) is 8.23. The number of ether oxygens (including phenoxy) is 2. The third kappa shape index (κ3) is 5.81. The molecule has 0 saturated carbocycles. The summed E-state index contributed by atoms with van der Waals surface area (Å²) in [5.41, 5.74) is 2.74. The molecular formula is C28H31N3O6S. The Morgan fingerprint density at radius 1 is 0.974 bits per heavy atom. The summed E-state index contributed by atoms with van der Waals surface area (Å²) in [6, 6.07) is 18.4. The number of anilines is 2. The van der Waals surface area contributed by atoms with Crippen molar-refractivity contribution in [3.63, 3.8) is 0 Å². The molecule has 38 heavy (non-hydrogen) atoms. The Hall–Kier alpha value is -3.89. The van der Waals surface area contributed by atoms with E-state index in [1.54, 1.807) is 67.5 Å². The van der Waals surface area contributed by atoms with Crippen molar-refractivity contribution >= 4 is 33.2 Å². The van der Waals surface area contributed by atoms with Gasteiger partial charge in [-0.3, -0.25) is 9.59 Å². The van der Waals surface area contributed by atoms with E-state index < -0.39 is 15.9 Å². The molecule has 3 aromatic carbocycles. The average molecular weight is 538 g/mol. The molecule has 9 nitrogen and oxygen atoms in total. The van der Waals surface area contributed by atoms with Crippen molar-refractivity contribution in [1.82, 2.24) is 4.31 Å². The quantitative estimate of drug-likeness (QED) is 0.420. The summed E-state index contributed by atoms with van der Waals surface area (Å²) >= 11 is 0. The van der Waals surface area contributed by atoms with Gasteiger partial charge in [-0.1, -0.05) is 13.0 Å². The molecule has 200 valence electrons. The largest absolute Gasteiger partial charge is 0.497 e. The smallest absolute Gasteiger partial charge is 0.258 e. The molecule has 0 radical (unpaired) electrons. The molecule has 3 aromatic rings. The van der Waals surface area contributed by atoms with E-state index in [4.69, 9.17) is 9.47 Å². The fourth-order valence-corrected chi connectivity index (χ4v) is 5.71. The van der Waals surface area contributed by atoms with Crippen LogP contribution in [0, 0.1) is 0 Å². The number of benzene rings is 3. The molecule has 0 atom stereocenters. The second kappa shape index (κ2) is 11.7. The zero-order valence-electron chi connectivity index (χ0n) is 21.6. The summed E-state index contributed by atoms with van der Waals surface area (Å²) in [7, 11) is -2.31. The number of nitrogens with one attached hydrogen (secondary N) is 1. The van der Waals surface area contributed by atoms with Gasteiger partial charge in [0.05, 0.1) is 25.2 Å². The highest BCUT2D eigenvalue weighted by molar-refractivity contribution is 7.89. The van der Waals surface area contributed by atoms with E-state index in [2.05, 4.69) is 5.32 Å². The lowest BCUT2D eigenvalue weighted by Gasteiger charge is -2.21. The van der Waals surface area contributed by atoms with Crippen LogP contribution < -0.4 is 19.7 Å². The van der Waals surface area contributed by atoms with Crippen molar-refractivity contribution in [2.45, 2.75) is 25.2 Å². The van der Waals surface area contributed by atoms with E-state index in [9.17, 15) is 18.0 Å². The van der Waals surface area contributed by atoms with Crippen molar-refractivity contribution in [1.29, 1.82) is 0 Å². The number of hydrogen-bond acceptors (Lipinski definition) is 6. The predicted octanol–water partition coefficient (Wildman–Crippen LogP) is 3.95. The lowest BCUT2D eigenvalue weighted by Crippen LogP contribution is -2.37. The van der Waals surface area contributed by atoms with Crippen molar-refractivity contribution in [2.75, 3.05) is 43.6 Å². The van der Waals surface area contributed by atoms with Crippen LogP contribution in [0.1, 0.15) is 29.8 Å². The Morgan fingerprint density at radius 3 is 2.29 bits per heavy atom. The first-order valence-electron chi connectivity index (χ1n) is 12.4. The van der Waals surface area contributed by atoms with Gasteiger partial charge < -0.3 is 19.7 Å². The van der Waals surface area contributed by atoms with Gasteiger partial charge in [-0.25, -0.2) is 8.42 Å². The molecule has 1 aliphatic heterocycles. The third-order valence-electron chi connectivity index (χ3n) is 6.29. The fourth-order valence-electron chi connectivity index (χ4n) is 4.31. The van der Waals surface area contributed by atoms with E-state index >= 15 is 0 Å². The van der Waals surface area contributed by atoms with Crippen LogP contribution in [0.4, 0.5) is 11.4 Å². The van der Waals surface area contributed by atoms with Crippen LogP contribution in [0.15, 0.2) is 71.6 Å². The van der Waals surface area contributed by atoms with Gasteiger partial charge in [0.25, 0.3) is 5.91 Å². The van der Waals surface area contributed by atoms with Gasteiger partial charge in [-0.15, -0.1) is 0 Å². The number of carbonyl (C=O) groups is 2. The van der Waals surface area contributed by atoms with Gasteiger partial charge in [-0.05, 0) is 79.6 Å². The van der Waals surface area contributed by atoms with Gasteiger partial charge >= 0.3 is 0 Å². The van der Waals surface area contributed by atoms with Gasteiger partial charge in [0.1, 0.15) is 11.5 Å². The van der Waals surface area contributed by atoms with Gasteiger partial charge in [0.2, 0.25) is 15.9 Å². The highest BCUT2D eigenvalue weighted by Gasteiger charge is 2.28. The molecule has 0 bridgehead atoms. The van der Waals surface area contributed by atoms with Crippen molar-refractivity contribution < 1.29 is 27.5 Å². The van der Waals surface area contributed by atoms with Crippen molar-refractivity contribution in [3.8, 4) is 11.5 Å². The minimum absolute atomic E-state index is 0.0841. The van der Waals surface area contributed by atoms with Crippen LogP contribution in [0.3, 0.4) is 0 Å². The van der Waals surface area contributed by atoms with Gasteiger partial charge in [0.15, 0.2) is 0 Å². The Morgan fingerprint density at radius 2 is 1.66 bits per heavy atom. The minimum Gasteiger partial charge on any atom is -0.497 e. The predicted molar refractivity (Wildman–Crippen MR) is 145 cm³/mol. The summed E-state index contributed by atoms with van der Waals surface area (Å²) in [6.45, 7) is 4.30. The lowest BCUT2D eigenvalue weighted by atomic mass is 10.1. The Bertz CT molecular complexity index is 1410. The molecule has 0 saturated heterocycles. The molecule has 1 heterocycles. The van der Waals surface area contributed by atoms with Crippen LogP contribution >= 0.6 is 0 Å². The Balaban J connectivity index is 1.46. The molecule has 0 unspecified atom stereocenters. The summed E-state index contributed by atoms with van der Waals surface area (Å²) in [6.07, 6.45) is 0.704. The molecular weight excluding hydrogens is 506 g/mol. The number of rotatable bonds is 10. The van der Waals surface area contributed by atoms with E-state index in [0.717, 1.165) is 15.6 Å². The van der Waals surface area contributed by atoms with E-state index in [-0.39, 0.29) is 23.9 Å². The SMILES string of the molecule is CCOc1ccc(S(=O)(=O)N(CC)CC(=O)Nc2ccc3c(c2)N(C(=O)c2ccc(OC)cc2)CC3)cc1. The Kier molecular flexibility index (Phi) is 8.33. The fraction of sp³-hybridized carbons (Fsp3) is 0.286.